The van der Waals surface area contributed by atoms with Gasteiger partial charge in [-0.2, -0.15) is 0 Å². The third-order valence-electron chi connectivity index (χ3n) is 4.48. The second-order valence-corrected chi connectivity index (χ2v) is 8.56. The van der Waals surface area contributed by atoms with E-state index in [2.05, 4.69) is 23.0 Å². The lowest BCUT2D eigenvalue weighted by molar-refractivity contribution is -0.127. The van der Waals surface area contributed by atoms with Crippen LogP contribution in [0.25, 0.3) is 10.2 Å². The fourth-order valence-electron chi connectivity index (χ4n) is 2.96. The molecule has 2 aromatic heterocycles. The second-order valence-electron chi connectivity index (χ2n) is 6.48. The van der Waals surface area contributed by atoms with Gasteiger partial charge in [-0.25, -0.2) is 9.97 Å². The molecule has 146 valence electrons. The number of aryl methyl sites for hydroxylation is 1. The highest BCUT2D eigenvalue weighted by molar-refractivity contribution is 8.00. The number of thiophene rings is 1. The summed E-state index contributed by atoms with van der Waals surface area (Å²) in [5, 5.41) is 1.90. The van der Waals surface area contributed by atoms with Crippen molar-refractivity contribution in [2.24, 2.45) is 0 Å². The van der Waals surface area contributed by atoms with Gasteiger partial charge < -0.3 is 14.4 Å². The van der Waals surface area contributed by atoms with E-state index in [1.165, 1.54) is 16.6 Å². The van der Waals surface area contributed by atoms with Crippen LogP contribution in [0.15, 0.2) is 35.6 Å². The number of carbonyl (C=O) groups is 1. The van der Waals surface area contributed by atoms with Gasteiger partial charge in [-0.1, -0.05) is 24.8 Å². The highest BCUT2D eigenvalue weighted by Gasteiger charge is 2.16. The van der Waals surface area contributed by atoms with Crippen molar-refractivity contribution in [3.05, 3.63) is 41.0 Å². The zero-order chi connectivity index (χ0) is 19.5. The molecule has 0 atom stereocenters. The molecule has 28 heavy (non-hydrogen) atoms. The van der Waals surface area contributed by atoms with Gasteiger partial charge in [0.1, 0.15) is 29.4 Å². The summed E-state index contributed by atoms with van der Waals surface area (Å²) < 4.78 is 11.2. The smallest absolute Gasteiger partial charge is 0.233 e. The average molecular weight is 416 g/mol. The number of thioether (sulfide) groups is 1. The van der Waals surface area contributed by atoms with Crippen LogP contribution in [-0.2, 0) is 17.8 Å². The third kappa shape index (κ3) is 4.07. The van der Waals surface area contributed by atoms with Crippen LogP contribution in [0.3, 0.4) is 0 Å². The Balaban J connectivity index is 1.39. The van der Waals surface area contributed by atoms with Crippen LogP contribution in [0.4, 0.5) is 0 Å². The first-order chi connectivity index (χ1) is 13.6. The van der Waals surface area contributed by atoms with Crippen LogP contribution in [0, 0.1) is 0 Å². The lowest BCUT2D eigenvalue weighted by Crippen LogP contribution is -2.28. The molecule has 1 aromatic carbocycles. The summed E-state index contributed by atoms with van der Waals surface area (Å²) in [4.78, 5) is 25.3. The van der Waals surface area contributed by atoms with Crippen molar-refractivity contribution in [2.75, 3.05) is 26.0 Å². The summed E-state index contributed by atoms with van der Waals surface area (Å²) in [6, 6.07) is 7.94. The predicted molar refractivity (Wildman–Crippen MR) is 111 cm³/mol. The van der Waals surface area contributed by atoms with Gasteiger partial charge in [0.05, 0.1) is 5.75 Å². The topological polar surface area (TPSA) is 64.6 Å². The highest BCUT2D eigenvalue weighted by Crippen LogP contribution is 2.32. The van der Waals surface area contributed by atoms with E-state index in [0.29, 0.717) is 25.5 Å². The molecule has 0 saturated heterocycles. The molecule has 0 saturated carbocycles. The van der Waals surface area contributed by atoms with E-state index in [-0.39, 0.29) is 5.91 Å². The molecule has 3 aromatic rings. The molecule has 1 aliphatic rings. The van der Waals surface area contributed by atoms with Crippen LogP contribution in [0.2, 0.25) is 0 Å². The van der Waals surface area contributed by atoms with Crippen molar-refractivity contribution in [3.63, 3.8) is 0 Å². The second kappa shape index (κ2) is 8.36. The highest BCUT2D eigenvalue weighted by atomic mass is 32.2. The number of benzene rings is 1. The van der Waals surface area contributed by atoms with Crippen LogP contribution in [0.1, 0.15) is 17.4 Å². The van der Waals surface area contributed by atoms with E-state index in [1.54, 1.807) is 22.6 Å². The number of hydrogen-bond acceptors (Lipinski definition) is 7. The van der Waals surface area contributed by atoms with Gasteiger partial charge in [-0.15, -0.1) is 11.3 Å². The fraction of sp³-hybridized carbons (Fsp3) is 0.350. The Labute approximate surface area is 171 Å². The lowest BCUT2D eigenvalue weighted by atomic mass is 10.2. The maximum absolute atomic E-state index is 12.6. The van der Waals surface area contributed by atoms with Gasteiger partial charge in [0.25, 0.3) is 0 Å². The number of nitrogens with zero attached hydrogens (tertiary/aromatic N) is 3. The lowest BCUT2D eigenvalue weighted by Gasteiger charge is -2.21. The number of fused-ring (bicyclic) bond motifs is 2. The van der Waals surface area contributed by atoms with Gasteiger partial charge in [0.2, 0.25) is 5.91 Å². The van der Waals surface area contributed by atoms with E-state index >= 15 is 0 Å². The summed E-state index contributed by atoms with van der Waals surface area (Å²) in [6.07, 6.45) is 2.55. The molecule has 1 aliphatic heterocycles. The Morgan fingerprint density at radius 1 is 1.21 bits per heavy atom. The number of hydrogen-bond donors (Lipinski definition) is 0. The summed E-state index contributed by atoms with van der Waals surface area (Å²) in [6.45, 7) is 3.77. The minimum absolute atomic E-state index is 0.0533. The predicted octanol–water partition coefficient (Wildman–Crippen LogP) is 3.78. The fourth-order valence-corrected chi connectivity index (χ4v) is 4.87. The molecule has 4 rings (SSSR count). The maximum Gasteiger partial charge on any atom is 0.233 e. The van der Waals surface area contributed by atoms with E-state index in [0.717, 1.165) is 38.7 Å². The van der Waals surface area contributed by atoms with Crippen LogP contribution in [-0.4, -0.2) is 46.8 Å². The Hall–Kier alpha value is -2.32. The van der Waals surface area contributed by atoms with Crippen molar-refractivity contribution >= 4 is 39.2 Å². The Morgan fingerprint density at radius 3 is 2.86 bits per heavy atom. The largest absolute Gasteiger partial charge is 0.486 e. The molecule has 8 heteroatoms. The normalized spacial score (nSPS) is 12.9. The molecule has 0 fully saturated rings. The molecular weight excluding hydrogens is 394 g/mol. The minimum atomic E-state index is 0.0533. The summed E-state index contributed by atoms with van der Waals surface area (Å²) in [7, 11) is 1.81. The first-order valence-electron chi connectivity index (χ1n) is 9.12. The van der Waals surface area contributed by atoms with Crippen LogP contribution < -0.4 is 9.47 Å². The molecule has 0 aliphatic carbocycles. The summed E-state index contributed by atoms with van der Waals surface area (Å²) in [5.74, 6) is 1.89. The maximum atomic E-state index is 12.6. The number of aromatic nitrogens is 2. The molecule has 3 heterocycles. The number of amides is 1. The molecule has 0 spiro atoms. The molecule has 0 bridgehead atoms. The zero-order valence-electron chi connectivity index (χ0n) is 15.8. The first-order valence-corrected chi connectivity index (χ1v) is 10.9. The molecular formula is C20H21N3O3S2. The number of carbonyl (C=O) groups excluding carboxylic acids is 1. The van der Waals surface area contributed by atoms with Gasteiger partial charge in [0, 0.05) is 23.9 Å². The van der Waals surface area contributed by atoms with Crippen molar-refractivity contribution in [1.29, 1.82) is 0 Å². The van der Waals surface area contributed by atoms with Crippen molar-refractivity contribution in [3.8, 4) is 11.5 Å². The van der Waals surface area contributed by atoms with Gasteiger partial charge in [-0.3, -0.25) is 4.79 Å². The molecule has 0 unspecified atom stereocenters. The number of ether oxygens (including phenoxy) is 2. The van der Waals surface area contributed by atoms with Gasteiger partial charge in [-0.05, 0) is 30.2 Å². The quantitative estimate of drug-likeness (QED) is 0.451. The Kier molecular flexibility index (Phi) is 5.68. The van der Waals surface area contributed by atoms with E-state index in [1.807, 2.05) is 25.2 Å². The van der Waals surface area contributed by atoms with Crippen molar-refractivity contribution in [1.82, 2.24) is 14.9 Å². The van der Waals surface area contributed by atoms with E-state index < -0.39 is 0 Å². The molecule has 0 N–H and O–H groups in total. The standard InChI is InChI=1S/C20H21N3O3S2/c1-3-14-9-15-19(21-12-22-20(15)28-14)27-11-18(24)23(2)10-13-4-5-16-17(8-13)26-7-6-25-16/h4-5,8-9,12H,3,6-7,10-11H2,1-2H3. The van der Waals surface area contributed by atoms with Gasteiger partial charge >= 0.3 is 0 Å². The average Bonchev–Trinajstić information content (AvgIpc) is 3.16. The molecule has 0 radical (unpaired) electrons. The molecule has 6 nitrogen and oxygen atoms in total. The summed E-state index contributed by atoms with van der Waals surface area (Å²) >= 11 is 3.15. The van der Waals surface area contributed by atoms with Gasteiger partial charge in [0.15, 0.2) is 11.5 Å². The first kappa shape index (κ1) is 19.0. The Morgan fingerprint density at radius 2 is 2.04 bits per heavy atom. The monoisotopic (exact) mass is 415 g/mol. The van der Waals surface area contributed by atoms with Crippen molar-refractivity contribution in [2.45, 2.75) is 24.9 Å². The zero-order valence-corrected chi connectivity index (χ0v) is 17.4. The van der Waals surface area contributed by atoms with Crippen LogP contribution in [0.5, 0.6) is 11.5 Å². The SMILES string of the molecule is CCc1cc2c(SCC(=O)N(C)Cc3ccc4c(c3)OCCO4)ncnc2s1. The van der Waals surface area contributed by atoms with E-state index in [4.69, 9.17) is 9.47 Å². The Bertz CT molecular complexity index is 1010. The van der Waals surface area contributed by atoms with E-state index in [9.17, 15) is 4.79 Å². The summed E-state index contributed by atoms with van der Waals surface area (Å²) in [5.41, 5.74) is 1.01. The number of rotatable bonds is 6. The minimum Gasteiger partial charge on any atom is -0.486 e. The molecule has 1 amide bonds. The van der Waals surface area contributed by atoms with Crippen molar-refractivity contribution < 1.29 is 14.3 Å². The van der Waals surface area contributed by atoms with Crippen LogP contribution >= 0.6 is 23.1 Å². The third-order valence-corrected chi connectivity index (χ3v) is 6.65.